The lowest BCUT2D eigenvalue weighted by Gasteiger charge is -2.32. The van der Waals surface area contributed by atoms with Crippen molar-refractivity contribution < 1.29 is 14.6 Å². The van der Waals surface area contributed by atoms with Crippen LogP contribution in [0.4, 0.5) is 11.4 Å². The second-order valence-electron chi connectivity index (χ2n) is 7.08. The van der Waals surface area contributed by atoms with E-state index in [1.54, 1.807) is 4.90 Å². The standard InChI is InChI=1S/C20H21N3O5/c1-14-18(12-17(22(25)26)13-19(14)23(27)28)20(24)21-9-7-16(8-10-21)11-15-5-3-2-4-6-15/h2-6,12-13,16H,7-11H2,1H3. The Bertz CT molecular complexity index is 906. The molecule has 1 fully saturated rings. The normalized spacial score (nSPS) is 14.7. The molecule has 8 heteroatoms. The first-order valence-electron chi connectivity index (χ1n) is 9.13. The fourth-order valence-corrected chi connectivity index (χ4v) is 3.66. The van der Waals surface area contributed by atoms with E-state index < -0.39 is 21.2 Å². The first-order chi connectivity index (χ1) is 13.4. The number of nitrogens with zero attached hydrogens (tertiary/aromatic N) is 3. The summed E-state index contributed by atoms with van der Waals surface area (Å²) < 4.78 is 0. The molecule has 0 unspecified atom stereocenters. The molecule has 1 aliphatic rings. The van der Waals surface area contributed by atoms with Crippen LogP contribution in [0.15, 0.2) is 42.5 Å². The van der Waals surface area contributed by atoms with Gasteiger partial charge in [0, 0.05) is 24.7 Å². The Morgan fingerprint density at radius 3 is 2.29 bits per heavy atom. The highest BCUT2D eigenvalue weighted by Gasteiger charge is 2.29. The van der Waals surface area contributed by atoms with Gasteiger partial charge in [-0.1, -0.05) is 30.3 Å². The molecular formula is C20H21N3O5. The molecule has 146 valence electrons. The van der Waals surface area contributed by atoms with Crippen LogP contribution < -0.4 is 0 Å². The number of benzene rings is 2. The third kappa shape index (κ3) is 4.16. The highest BCUT2D eigenvalue weighted by Crippen LogP contribution is 2.30. The first kappa shape index (κ1) is 19.5. The molecule has 2 aromatic rings. The number of likely N-dealkylation sites (tertiary alicyclic amines) is 1. The van der Waals surface area contributed by atoms with Gasteiger partial charge in [-0.05, 0) is 37.7 Å². The Morgan fingerprint density at radius 2 is 1.71 bits per heavy atom. The van der Waals surface area contributed by atoms with Crippen LogP contribution in [0.1, 0.15) is 34.3 Å². The Morgan fingerprint density at radius 1 is 1.07 bits per heavy atom. The molecular weight excluding hydrogens is 362 g/mol. The summed E-state index contributed by atoms with van der Waals surface area (Å²) in [6.07, 6.45) is 2.61. The molecule has 0 N–H and O–H groups in total. The van der Waals surface area contributed by atoms with Crippen LogP contribution >= 0.6 is 0 Å². The number of piperidine rings is 1. The van der Waals surface area contributed by atoms with Crippen molar-refractivity contribution >= 4 is 17.3 Å². The van der Waals surface area contributed by atoms with Crippen molar-refractivity contribution in [2.75, 3.05) is 13.1 Å². The number of carbonyl (C=O) groups excluding carboxylic acids is 1. The Hall–Kier alpha value is -3.29. The minimum Gasteiger partial charge on any atom is -0.339 e. The lowest BCUT2D eigenvalue weighted by atomic mass is 9.90. The minimum absolute atomic E-state index is 0.0300. The molecule has 0 radical (unpaired) electrons. The van der Waals surface area contributed by atoms with Gasteiger partial charge in [0.05, 0.1) is 21.5 Å². The van der Waals surface area contributed by atoms with Crippen molar-refractivity contribution in [3.8, 4) is 0 Å². The summed E-state index contributed by atoms with van der Waals surface area (Å²) in [5.41, 5.74) is 0.600. The van der Waals surface area contributed by atoms with Crippen molar-refractivity contribution in [2.24, 2.45) is 5.92 Å². The molecule has 0 aromatic heterocycles. The molecule has 3 rings (SSSR count). The lowest BCUT2D eigenvalue weighted by molar-refractivity contribution is -0.394. The Labute approximate surface area is 162 Å². The number of nitro benzene ring substituents is 2. The van der Waals surface area contributed by atoms with E-state index in [9.17, 15) is 25.0 Å². The van der Waals surface area contributed by atoms with Crippen LogP contribution in [0.5, 0.6) is 0 Å². The van der Waals surface area contributed by atoms with Gasteiger partial charge < -0.3 is 4.90 Å². The van der Waals surface area contributed by atoms with E-state index in [2.05, 4.69) is 12.1 Å². The highest BCUT2D eigenvalue weighted by molar-refractivity contribution is 5.97. The smallest absolute Gasteiger partial charge is 0.279 e. The fourth-order valence-electron chi connectivity index (χ4n) is 3.66. The molecule has 0 saturated carbocycles. The molecule has 1 amide bonds. The average molecular weight is 383 g/mol. The second-order valence-corrected chi connectivity index (χ2v) is 7.08. The summed E-state index contributed by atoms with van der Waals surface area (Å²) in [6, 6.07) is 12.2. The zero-order valence-electron chi connectivity index (χ0n) is 15.5. The quantitative estimate of drug-likeness (QED) is 0.575. The van der Waals surface area contributed by atoms with Crippen LogP contribution in [0, 0.1) is 33.1 Å². The van der Waals surface area contributed by atoms with E-state index >= 15 is 0 Å². The van der Waals surface area contributed by atoms with Crippen molar-refractivity contribution in [1.29, 1.82) is 0 Å². The minimum atomic E-state index is -0.713. The van der Waals surface area contributed by atoms with Gasteiger partial charge in [-0.2, -0.15) is 0 Å². The molecule has 0 aliphatic carbocycles. The van der Waals surface area contributed by atoms with Gasteiger partial charge in [-0.3, -0.25) is 25.0 Å². The predicted octanol–water partition coefficient (Wildman–Crippen LogP) is 3.91. The number of carbonyl (C=O) groups is 1. The molecule has 2 aromatic carbocycles. The van der Waals surface area contributed by atoms with Crippen molar-refractivity contribution in [1.82, 2.24) is 4.90 Å². The fraction of sp³-hybridized carbons (Fsp3) is 0.350. The van der Waals surface area contributed by atoms with Gasteiger partial charge in [0.25, 0.3) is 17.3 Å². The molecule has 0 atom stereocenters. The third-order valence-corrected chi connectivity index (χ3v) is 5.27. The average Bonchev–Trinajstić information content (AvgIpc) is 2.68. The zero-order chi connectivity index (χ0) is 20.3. The molecule has 0 spiro atoms. The van der Waals surface area contributed by atoms with Crippen molar-refractivity contribution in [3.63, 3.8) is 0 Å². The Kier molecular flexibility index (Phi) is 5.67. The second kappa shape index (κ2) is 8.16. The van der Waals surface area contributed by atoms with Crippen LogP contribution in [0.2, 0.25) is 0 Å². The lowest BCUT2D eigenvalue weighted by Crippen LogP contribution is -2.39. The number of rotatable bonds is 5. The highest BCUT2D eigenvalue weighted by atomic mass is 16.6. The van der Waals surface area contributed by atoms with Crippen LogP contribution in [0.3, 0.4) is 0 Å². The summed E-state index contributed by atoms with van der Waals surface area (Å²) in [6.45, 7) is 2.52. The number of hydrogen-bond donors (Lipinski definition) is 0. The van der Waals surface area contributed by atoms with E-state index in [-0.39, 0.29) is 17.0 Å². The van der Waals surface area contributed by atoms with Gasteiger partial charge in [0.1, 0.15) is 0 Å². The van der Waals surface area contributed by atoms with Crippen LogP contribution in [0.25, 0.3) is 0 Å². The molecule has 1 aliphatic heterocycles. The van der Waals surface area contributed by atoms with E-state index in [1.807, 2.05) is 18.2 Å². The van der Waals surface area contributed by atoms with Gasteiger partial charge in [0.2, 0.25) is 0 Å². The van der Waals surface area contributed by atoms with Gasteiger partial charge >= 0.3 is 0 Å². The molecule has 28 heavy (non-hydrogen) atoms. The predicted molar refractivity (Wildman–Crippen MR) is 103 cm³/mol. The third-order valence-electron chi connectivity index (χ3n) is 5.27. The van der Waals surface area contributed by atoms with Crippen LogP contribution in [-0.4, -0.2) is 33.7 Å². The van der Waals surface area contributed by atoms with Crippen molar-refractivity contribution in [2.45, 2.75) is 26.2 Å². The van der Waals surface area contributed by atoms with E-state index in [4.69, 9.17) is 0 Å². The summed E-state index contributed by atoms with van der Waals surface area (Å²) in [5, 5.41) is 22.3. The summed E-state index contributed by atoms with van der Waals surface area (Å²) >= 11 is 0. The van der Waals surface area contributed by atoms with E-state index in [1.165, 1.54) is 12.5 Å². The summed E-state index contributed by atoms with van der Waals surface area (Å²) in [4.78, 5) is 35.5. The maximum absolute atomic E-state index is 12.9. The monoisotopic (exact) mass is 383 g/mol. The molecule has 0 bridgehead atoms. The van der Waals surface area contributed by atoms with Gasteiger partial charge in [-0.25, -0.2) is 0 Å². The molecule has 8 nitrogen and oxygen atoms in total. The molecule has 1 saturated heterocycles. The van der Waals surface area contributed by atoms with E-state index in [0.717, 1.165) is 31.4 Å². The topological polar surface area (TPSA) is 107 Å². The Balaban J connectivity index is 1.74. The maximum Gasteiger partial charge on any atom is 0.279 e. The van der Waals surface area contributed by atoms with Gasteiger partial charge in [-0.15, -0.1) is 0 Å². The zero-order valence-corrected chi connectivity index (χ0v) is 15.5. The number of non-ortho nitro benzene ring substituents is 1. The maximum atomic E-state index is 12.9. The number of hydrogen-bond acceptors (Lipinski definition) is 5. The van der Waals surface area contributed by atoms with Crippen molar-refractivity contribution in [3.05, 3.63) is 79.4 Å². The number of nitro groups is 2. The molecule has 1 heterocycles. The summed E-state index contributed by atoms with van der Waals surface area (Å²) in [5.74, 6) is 0.0782. The summed E-state index contributed by atoms with van der Waals surface area (Å²) in [7, 11) is 0. The van der Waals surface area contributed by atoms with Gasteiger partial charge in [0.15, 0.2) is 0 Å². The number of amides is 1. The SMILES string of the molecule is Cc1c(C(=O)N2CCC(Cc3ccccc3)CC2)cc([N+](=O)[O-])cc1[N+](=O)[O-]. The first-order valence-corrected chi connectivity index (χ1v) is 9.13. The van der Waals surface area contributed by atoms with Crippen LogP contribution in [-0.2, 0) is 6.42 Å². The van der Waals surface area contributed by atoms with E-state index in [0.29, 0.717) is 19.0 Å². The largest absolute Gasteiger partial charge is 0.339 e.